The molecule has 0 N–H and O–H groups in total. The molecule has 2 aromatic rings. The van der Waals surface area contributed by atoms with Gasteiger partial charge in [0.05, 0.1) is 11.9 Å². The highest BCUT2D eigenvalue weighted by atomic mass is 35.5. The highest BCUT2D eigenvalue weighted by Gasteiger charge is 2.16. The molecule has 1 heterocycles. The van der Waals surface area contributed by atoms with Crippen LogP contribution in [0.15, 0.2) is 24.4 Å². The lowest BCUT2D eigenvalue weighted by Gasteiger charge is -2.13. The highest BCUT2D eigenvalue weighted by Crippen LogP contribution is 2.20. The zero-order chi connectivity index (χ0) is 14.5. The van der Waals surface area contributed by atoms with Crippen molar-refractivity contribution in [3.63, 3.8) is 0 Å². The van der Waals surface area contributed by atoms with Crippen LogP contribution in [-0.2, 0) is 9.47 Å². The van der Waals surface area contributed by atoms with Gasteiger partial charge in [-0.15, -0.1) is 5.10 Å². The fraction of sp³-hybridized carbons (Fsp3) is 0.385. The van der Waals surface area contributed by atoms with Gasteiger partial charge < -0.3 is 9.47 Å². The van der Waals surface area contributed by atoms with Gasteiger partial charge in [-0.3, -0.25) is 0 Å². The first-order valence-corrected chi connectivity index (χ1v) is 6.63. The summed E-state index contributed by atoms with van der Waals surface area (Å²) in [7, 11) is 0. The Bertz CT molecular complexity index is 550. The minimum absolute atomic E-state index is 0.295. The van der Waals surface area contributed by atoms with Crippen LogP contribution in [0.2, 0.25) is 5.02 Å². The van der Waals surface area contributed by atoms with E-state index in [1.165, 1.54) is 16.8 Å². The summed E-state index contributed by atoms with van der Waals surface area (Å²) in [5.74, 6) is -0.435. The Morgan fingerprint density at radius 1 is 1.25 bits per heavy atom. The second-order valence-electron chi connectivity index (χ2n) is 3.96. The summed E-state index contributed by atoms with van der Waals surface area (Å²) >= 11 is 5.82. The fourth-order valence-electron chi connectivity index (χ4n) is 1.70. The summed E-state index contributed by atoms with van der Waals surface area (Å²) in [4.78, 5) is 0. The fourth-order valence-corrected chi connectivity index (χ4v) is 1.92. The third-order valence-electron chi connectivity index (χ3n) is 2.50. The van der Waals surface area contributed by atoms with Crippen LogP contribution in [0, 0.1) is 5.82 Å². The van der Waals surface area contributed by atoms with Crippen molar-refractivity contribution in [3.05, 3.63) is 40.9 Å². The van der Waals surface area contributed by atoms with Crippen LogP contribution in [0.3, 0.4) is 0 Å². The number of rotatable bonds is 6. The van der Waals surface area contributed by atoms with Crippen molar-refractivity contribution in [2.75, 3.05) is 13.2 Å². The van der Waals surface area contributed by atoms with Crippen molar-refractivity contribution in [2.24, 2.45) is 0 Å². The van der Waals surface area contributed by atoms with Crippen molar-refractivity contribution in [3.8, 4) is 5.69 Å². The normalized spacial score (nSPS) is 11.2. The minimum Gasteiger partial charge on any atom is -0.347 e. The zero-order valence-corrected chi connectivity index (χ0v) is 12.0. The molecule has 5 nitrogen and oxygen atoms in total. The monoisotopic (exact) mass is 299 g/mol. The van der Waals surface area contributed by atoms with E-state index < -0.39 is 12.1 Å². The lowest BCUT2D eigenvalue weighted by Crippen LogP contribution is -2.09. The molecule has 108 valence electrons. The van der Waals surface area contributed by atoms with Crippen molar-refractivity contribution in [1.29, 1.82) is 0 Å². The summed E-state index contributed by atoms with van der Waals surface area (Å²) < 4.78 is 25.6. The number of nitrogens with zero attached hydrogens (tertiary/aromatic N) is 3. The first kappa shape index (κ1) is 14.9. The van der Waals surface area contributed by atoms with Gasteiger partial charge in [0.2, 0.25) is 6.29 Å². The largest absolute Gasteiger partial charge is 0.347 e. The summed E-state index contributed by atoms with van der Waals surface area (Å²) in [5.41, 5.74) is 1.01. The van der Waals surface area contributed by atoms with E-state index in [1.807, 2.05) is 13.8 Å². The molecular weight excluding hydrogens is 285 g/mol. The molecular formula is C13H15ClFN3O2. The maximum absolute atomic E-state index is 13.3. The number of hydrogen-bond donors (Lipinski definition) is 0. The van der Waals surface area contributed by atoms with Crippen molar-refractivity contribution >= 4 is 11.6 Å². The molecule has 7 heteroatoms. The van der Waals surface area contributed by atoms with Crippen molar-refractivity contribution in [1.82, 2.24) is 15.0 Å². The smallest absolute Gasteiger partial charge is 0.204 e. The van der Waals surface area contributed by atoms with Gasteiger partial charge in [-0.2, -0.15) is 0 Å². The third-order valence-corrected chi connectivity index (χ3v) is 2.72. The molecule has 0 aliphatic heterocycles. The minimum atomic E-state index is -0.581. The van der Waals surface area contributed by atoms with Crippen LogP contribution < -0.4 is 0 Å². The van der Waals surface area contributed by atoms with Gasteiger partial charge in [0.15, 0.2) is 0 Å². The molecule has 0 spiro atoms. The molecule has 1 aromatic heterocycles. The Morgan fingerprint density at radius 3 is 2.55 bits per heavy atom. The molecule has 0 amide bonds. The SMILES string of the molecule is CCOC(OCC)c1cn(-c2cc(F)cc(Cl)c2)nn1. The predicted molar refractivity (Wildman–Crippen MR) is 72.3 cm³/mol. The van der Waals surface area contributed by atoms with Crippen LogP contribution >= 0.6 is 11.6 Å². The lowest BCUT2D eigenvalue weighted by atomic mass is 10.3. The van der Waals surface area contributed by atoms with E-state index in [9.17, 15) is 4.39 Å². The van der Waals surface area contributed by atoms with Gasteiger partial charge in [0.1, 0.15) is 11.5 Å². The Morgan fingerprint density at radius 2 is 1.95 bits per heavy atom. The second-order valence-corrected chi connectivity index (χ2v) is 4.39. The van der Waals surface area contributed by atoms with Gasteiger partial charge in [0.25, 0.3) is 0 Å². The Hall–Kier alpha value is -1.50. The summed E-state index contributed by atoms with van der Waals surface area (Å²) in [6.07, 6.45) is 1.05. The number of ether oxygens (including phenoxy) is 2. The van der Waals surface area contributed by atoms with Crippen LogP contribution in [-0.4, -0.2) is 28.2 Å². The third kappa shape index (κ3) is 3.53. The number of hydrogen-bond acceptors (Lipinski definition) is 4. The first-order chi connectivity index (χ1) is 9.63. The van der Waals surface area contributed by atoms with Gasteiger partial charge in [-0.05, 0) is 32.0 Å². The van der Waals surface area contributed by atoms with E-state index in [2.05, 4.69) is 10.3 Å². The van der Waals surface area contributed by atoms with Gasteiger partial charge >= 0.3 is 0 Å². The topological polar surface area (TPSA) is 49.2 Å². The van der Waals surface area contributed by atoms with E-state index in [-0.39, 0.29) is 0 Å². The van der Waals surface area contributed by atoms with E-state index >= 15 is 0 Å². The molecule has 0 atom stereocenters. The molecule has 0 aliphatic carbocycles. The summed E-state index contributed by atoms with van der Waals surface area (Å²) in [6.45, 7) is 4.71. The van der Waals surface area contributed by atoms with Gasteiger partial charge in [0, 0.05) is 18.2 Å². The maximum atomic E-state index is 13.3. The Labute approximate surface area is 121 Å². The highest BCUT2D eigenvalue weighted by molar-refractivity contribution is 6.30. The molecule has 1 aromatic carbocycles. The molecule has 0 aliphatic rings. The van der Waals surface area contributed by atoms with Crippen LogP contribution in [0.25, 0.3) is 5.69 Å². The lowest BCUT2D eigenvalue weighted by molar-refractivity contribution is -0.142. The van der Waals surface area contributed by atoms with E-state index in [0.717, 1.165) is 0 Å². The Kier molecular flexibility index (Phi) is 5.05. The van der Waals surface area contributed by atoms with Crippen molar-refractivity contribution in [2.45, 2.75) is 20.1 Å². The number of aromatic nitrogens is 3. The standard InChI is InChI=1S/C13H15ClFN3O2/c1-3-19-13(20-4-2)12-8-18(17-16-12)11-6-9(14)5-10(15)7-11/h5-8,13H,3-4H2,1-2H3. The van der Waals surface area contributed by atoms with Crippen molar-refractivity contribution < 1.29 is 13.9 Å². The maximum Gasteiger partial charge on any atom is 0.204 e. The van der Waals surface area contributed by atoms with E-state index in [0.29, 0.717) is 29.6 Å². The van der Waals surface area contributed by atoms with Crippen LogP contribution in [0.5, 0.6) is 0 Å². The summed E-state index contributed by atoms with van der Waals surface area (Å²) in [5, 5.41) is 8.22. The molecule has 20 heavy (non-hydrogen) atoms. The number of halogens is 2. The second kappa shape index (κ2) is 6.78. The number of benzene rings is 1. The van der Waals surface area contributed by atoms with E-state index in [4.69, 9.17) is 21.1 Å². The Balaban J connectivity index is 2.27. The molecule has 0 fully saturated rings. The average Bonchev–Trinajstić information content (AvgIpc) is 2.87. The van der Waals surface area contributed by atoms with Gasteiger partial charge in [-0.25, -0.2) is 9.07 Å². The molecule has 2 rings (SSSR count). The molecule has 0 saturated heterocycles. The molecule has 0 saturated carbocycles. The average molecular weight is 300 g/mol. The molecule has 0 bridgehead atoms. The van der Waals surface area contributed by atoms with Crippen LogP contribution in [0.4, 0.5) is 4.39 Å². The predicted octanol–water partition coefficient (Wildman–Crippen LogP) is 3.13. The summed E-state index contributed by atoms with van der Waals surface area (Å²) in [6, 6.07) is 4.15. The zero-order valence-electron chi connectivity index (χ0n) is 11.2. The molecule has 0 radical (unpaired) electrons. The first-order valence-electron chi connectivity index (χ1n) is 6.26. The van der Waals surface area contributed by atoms with Crippen LogP contribution in [0.1, 0.15) is 25.8 Å². The quantitative estimate of drug-likeness (QED) is 0.769. The van der Waals surface area contributed by atoms with Gasteiger partial charge in [-0.1, -0.05) is 16.8 Å². The van der Waals surface area contributed by atoms with E-state index in [1.54, 1.807) is 12.3 Å². The molecule has 0 unspecified atom stereocenters.